The Hall–Kier alpha value is -1.62. The lowest BCUT2D eigenvalue weighted by Gasteiger charge is -2.36. The molecule has 2 aliphatic heterocycles. The molecule has 1 saturated heterocycles. The van der Waals surface area contributed by atoms with Crippen LogP contribution in [0.5, 0.6) is 0 Å². The van der Waals surface area contributed by atoms with Gasteiger partial charge in [0.05, 0.1) is 5.54 Å². The second-order valence-electron chi connectivity index (χ2n) is 7.92. The second kappa shape index (κ2) is 6.60. The van der Waals surface area contributed by atoms with Gasteiger partial charge in [-0.2, -0.15) is 0 Å². The van der Waals surface area contributed by atoms with Gasteiger partial charge in [-0.15, -0.1) is 0 Å². The number of benzene rings is 1. The van der Waals surface area contributed by atoms with Crippen LogP contribution in [0, 0.1) is 0 Å². The lowest BCUT2D eigenvalue weighted by atomic mass is 9.88. The van der Waals surface area contributed by atoms with E-state index in [4.69, 9.17) is 9.73 Å². The van der Waals surface area contributed by atoms with Crippen LogP contribution in [-0.4, -0.2) is 34.4 Å². The van der Waals surface area contributed by atoms with Crippen LogP contribution in [0.15, 0.2) is 39.9 Å². The number of likely N-dealkylation sites (tertiary alicyclic amines) is 1. The van der Waals surface area contributed by atoms with Crippen LogP contribution in [-0.2, 0) is 4.74 Å². The highest BCUT2D eigenvalue weighted by Gasteiger charge is 2.46. The van der Waals surface area contributed by atoms with Gasteiger partial charge in [0.2, 0.25) is 0 Å². The van der Waals surface area contributed by atoms with Crippen LogP contribution in [0.2, 0.25) is 0 Å². The molecule has 0 radical (unpaired) electrons. The van der Waals surface area contributed by atoms with Crippen molar-refractivity contribution in [2.75, 3.05) is 6.54 Å². The molecule has 2 heterocycles. The minimum absolute atomic E-state index is 0.243. The first kappa shape index (κ1) is 18.2. The number of hydrogen-bond donors (Lipinski definition) is 0. The third kappa shape index (κ3) is 3.81. The van der Waals surface area contributed by atoms with Crippen molar-refractivity contribution in [3.63, 3.8) is 0 Å². The zero-order chi connectivity index (χ0) is 18.2. The Morgan fingerprint density at radius 2 is 1.96 bits per heavy atom. The highest BCUT2D eigenvalue weighted by Crippen LogP contribution is 2.37. The van der Waals surface area contributed by atoms with Crippen LogP contribution in [0.4, 0.5) is 4.79 Å². The third-order valence-corrected chi connectivity index (χ3v) is 5.35. The Kier molecular flexibility index (Phi) is 4.80. The number of allylic oxidation sites excluding steroid dienone is 1. The van der Waals surface area contributed by atoms with Gasteiger partial charge in [-0.3, -0.25) is 9.89 Å². The number of amides is 1. The van der Waals surface area contributed by atoms with Crippen LogP contribution in [0.25, 0.3) is 5.57 Å². The monoisotopic (exact) mass is 404 g/mol. The molecule has 134 valence electrons. The summed E-state index contributed by atoms with van der Waals surface area (Å²) in [7, 11) is 0. The maximum atomic E-state index is 12.6. The average Bonchev–Trinajstić information content (AvgIpc) is 3.14. The van der Waals surface area contributed by atoms with Crippen molar-refractivity contribution < 1.29 is 9.53 Å². The second-order valence-corrected chi connectivity index (χ2v) is 8.84. The molecular formula is C20H25BrN2O2. The fourth-order valence-corrected chi connectivity index (χ4v) is 3.73. The molecule has 0 aliphatic carbocycles. The molecule has 4 nitrogen and oxygen atoms in total. The first-order valence-electron chi connectivity index (χ1n) is 8.72. The predicted octanol–water partition coefficient (Wildman–Crippen LogP) is 5.42. The van der Waals surface area contributed by atoms with E-state index in [0.717, 1.165) is 36.0 Å². The number of aliphatic imine (C=N–C) groups is 1. The summed E-state index contributed by atoms with van der Waals surface area (Å²) in [5.41, 5.74) is 2.57. The van der Waals surface area contributed by atoms with Crippen molar-refractivity contribution in [3.05, 3.63) is 40.5 Å². The molecule has 2 aliphatic rings. The van der Waals surface area contributed by atoms with E-state index in [0.29, 0.717) is 0 Å². The van der Waals surface area contributed by atoms with E-state index < -0.39 is 5.60 Å². The number of ether oxygens (including phenoxy) is 1. The van der Waals surface area contributed by atoms with E-state index in [-0.39, 0.29) is 11.6 Å². The molecule has 1 atom stereocenters. The van der Waals surface area contributed by atoms with Crippen LogP contribution in [0.1, 0.15) is 52.5 Å². The van der Waals surface area contributed by atoms with Crippen molar-refractivity contribution >= 4 is 33.3 Å². The lowest BCUT2D eigenvalue weighted by molar-refractivity contribution is 0.0188. The fourth-order valence-electron chi connectivity index (χ4n) is 3.47. The van der Waals surface area contributed by atoms with E-state index in [2.05, 4.69) is 35.0 Å². The number of carbonyl (C=O) groups excluding carboxylic acids is 1. The van der Waals surface area contributed by atoms with E-state index in [1.54, 1.807) is 0 Å². The maximum Gasteiger partial charge on any atom is 0.411 e. The number of nitrogens with zero attached hydrogens (tertiary/aromatic N) is 2. The molecule has 0 aromatic heterocycles. The quantitative estimate of drug-likeness (QED) is 0.659. The molecule has 0 bridgehead atoms. The lowest BCUT2D eigenvalue weighted by Crippen LogP contribution is -2.51. The SMILES string of the molecule is CC(C)(C)OC(=O)N1CCC[C@@]1(C)C1=NC=C(c2ccc(Br)cc2)C1. The van der Waals surface area contributed by atoms with Crippen molar-refractivity contribution in [1.29, 1.82) is 0 Å². The summed E-state index contributed by atoms with van der Waals surface area (Å²) < 4.78 is 6.68. The molecule has 1 fully saturated rings. The molecule has 0 spiro atoms. The molecule has 1 aromatic rings. The Bertz CT molecular complexity index is 731. The van der Waals surface area contributed by atoms with Crippen molar-refractivity contribution in [3.8, 4) is 0 Å². The highest BCUT2D eigenvalue weighted by molar-refractivity contribution is 9.10. The predicted molar refractivity (Wildman–Crippen MR) is 105 cm³/mol. The van der Waals surface area contributed by atoms with Crippen LogP contribution < -0.4 is 0 Å². The first-order valence-corrected chi connectivity index (χ1v) is 9.51. The van der Waals surface area contributed by atoms with Gasteiger partial charge in [-0.25, -0.2) is 4.79 Å². The van der Waals surface area contributed by atoms with Crippen molar-refractivity contribution in [2.45, 2.75) is 58.1 Å². The molecule has 0 N–H and O–H groups in total. The smallest absolute Gasteiger partial charge is 0.411 e. The van der Waals surface area contributed by atoms with E-state index >= 15 is 0 Å². The topological polar surface area (TPSA) is 41.9 Å². The Morgan fingerprint density at radius 1 is 1.28 bits per heavy atom. The van der Waals surface area contributed by atoms with E-state index in [9.17, 15) is 4.79 Å². The summed E-state index contributed by atoms with van der Waals surface area (Å²) in [5.74, 6) is 0. The normalized spacial score (nSPS) is 23.5. The van der Waals surface area contributed by atoms with Gasteiger partial charge in [-0.05, 0) is 63.8 Å². The van der Waals surface area contributed by atoms with Gasteiger partial charge < -0.3 is 4.74 Å². The molecule has 1 aromatic carbocycles. The van der Waals surface area contributed by atoms with Gasteiger partial charge in [0.25, 0.3) is 0 Å². The van der Waals surface area contributed by atoms with Crippen LogP contribution >= 0.6 is 15.9 Å². The summed E-state index contributed by atoms with van der Waals surface area (Å²) in [6.07, 6.45) is 4.37. The van der Waals surface area contributed by atoms with Gasteiger partial charge in [0.1, 0.15) is 5.60 Å². The number of carbonyl (C=O) groups is 1. The summed E-state index contributed by atoms with van der Waals surface area (Å²) in [6.45, 7) is 8.54. The zero-order valence-corrected chi connectivity index (χ0v) is 16.9. The Morgan fingerprint density at radius 3 is 2.60 bits per heavy atom. The summed E-state index contributed by atoms with van der Waals surface area (Å²) in [4.78, 5) is 19.2. The third-order valence-electron chi connectivity index (χ3n) is 4.83. The molecule has 5 heteroatoms. The molecule has 0 unspecified atom stereocenters. The first-order chi connectivity index (χ1) is 11.7. The van der Waals surface area contributed by atoms with Gasteiger partial charge >= 0.3 is 6.09 Å². The highest BCUT2D eigenvalue weighted by atomic mass is 79.9. The van der Waals surface area contributed by atoms with Crippen LogP contribution in [0.3, 0.4) is 0 Å². The van der Waals surface area contributed by atoms with E-state index in [1.807, 2.05) is 44.0 Å². The Labute approximate surface area is 158 Å². The number of halogens is 1. The Balaban J connectivity index is 1.75. The maximum absolute atomic E-state index is 12.6. The summed E-state index contributed by atoms with van der Waals surface area (Å²) in [5, 5.41) is 0. The minimum Gasteiger partial charge on any atom is -0.444 e. The summed E-state index contributed by atoms with van der Waals surface area (Å²) >= 11 is 3.47. The van der Waals surface area contributed by atoms with Gasteiger partial charge in [-0.1, -0.05) is 28.1 Å². The summed E-state index contributed by atoms with van der Waals surface area (Å²) in [6, 6.07) is 8.27. The van der Waals surface area contributed by atoms with Gasteiger partial charge in [0, 0.05) is 29.3 Å². The fraction of sp³-hybridized carbons (Fsp3) is 0.500. The van der Waals surface area contributed by atoms with Crippen molar-refractivity contribution in [2.24, 2.45) is 4.99 Å². The number of rotatable bonds is 2. The van der Waals surface area contributed by atoms with Gasteiger partial charge in [0.15, 0.2) is 0 Å². The largest absolute Gasteiger partial charge is 0.444 e. The average molecular weight is 405 g/mol. The molecule has 1 amide bonds. The molecule has 0 saturated carbocycles. The van der Waals surface area contributed by atoms with Crippen molar-refractivity contribution in [1.82, 2.24) is 4.90 Å². The van der Waals surface area contributed by atoms with E-state index in [1.165, 1.54) is 11.1 Å². The number of hydrogen-bond acceptors (Lipinski definition) is 3. The molecule has 3 rings (SSSR count). The minimum atomic E-state index is -0.487. The molecule has 25 heavy (non-hydrogen) atoms. The molecular weight excluding hydrogens is 380 g/mol. The standard InChI is InChI=1S/C20H25BrN2O2/c1-19(2,3)25-18(24)23-11-5-10-20(23,4)17-12-15(13-22-17)14-6-8-16(21)9-7-14/h6-9,13H,5,10-12H2,1-4H3/t20-/m0/s1. The zero-order valence-electron chi connectivity index (χ0n) is 15.3.